The molecule has 0 unspecified atom stereocenters. The normalized spacial score (nSPS) is 23.9. The fourth-order valence-corrected chi connectivity index (χ4v) is 3.46. The Morgan fingerprint density at radius 2 is 1.30 bits per heavy atom. The zero-order valence-corrected chi connectivity index (χ0v) is 15.2. The van der Waals surface area contributed by atoms with Gasteiger partial charge in [0.15, 0.2) is 5.79 Å². The SMILES string of the molecule is CCC1(c2ccc(-c3ccccc3)cc2)O[C@H]([C@H](O)CO)[C@@H]([C@H](O)CO)O1. The van der Waals surface area contributed by atoms with Crippen molar-refractivity contribution in [3.05, 3.63) is 60.2 Å². The lowest BCUT2D eigenvalue weighted by molar-refractivity contribution is -0.200. The Hall–Kier alpha value is -1.80. The van der Waals surface area contributed by atoms with Crippen molar-refractivity contribution in [2.75, 3.05) is 13.2 Å². The lowest BCUT2D eigenvalue weighted by Gasteiger charge is -2.28. The van der Waals surface area contributed by atoms with Crippen LogP contribution in [0, 0.1) is 0 Å². The summed E-state index contributed by atoms with van der Waals surface area (Å²) in [5.41, 5.74) is 2.87. The first-order chi connectivity index (χ1) is 13.0. The highest BCUT2D eigenvalue weighted by Gasteiger charge is 2.52. The number of aliphatic hydroxyl groups excluding tert-OH is 4. The highest BCUT2D eigenvalue weighted by molar-refractivity contribution is 5.63. The van der Waals surface area contributed by atoms with Gasteiger partial charge in [0.1, 0.15) is 24.4 Å². The van der Waals surface area contributed by atoms with E-state index in [1.54, 1.807) is 0 Å². The van der Waals surface area contributed by atoms with Crippen molar-refractivity contribution in [2.24, 2.45) is 0 Å². The van der Waals surface area contributed by atoms with Crippen molar-refractivity contribution >= 4 is 0 Å². The molecule has 2 aromatic rings. The van der Waals surface area contributed by atoms with Crippen LogP contribution < -0.4 is 0 Å². The van der Waals surface area contributed by atoms with Crippen molar-refractivity contribution in [3.8, 4) is 11.1 Å². The molecule has 27 heavy (non-hydrogen) atoms. The summed E-state index contributed by atoms with van der Waals surface area (Å²) in [6.45, 7) is 0.812. The van der Waals surface area contributed by atoms with Gasteiger partial charge >= 0.3 is 0 Å². The topological polar surface area (TPSA) is 99.4 Å². The molecule has 1 aliphatic heterocycles. The first-order valence-electron chi connectivity index (χ1n) is 9.14. The van der Waals surface area contributed by atoms with Crippen LogP contribution in [0.15, 0.2) is 54.6 Å². The lowest BCUT2D eigenvalue weighted by Crippen LogP contribution is -2.45. The van der Waals surface area contributed by atoms with Gasteiger partial charge in [0.2, 0.25) is 0 Å². The molecule has 1 heterocycles. The van der Waals surface area contributed by atoms with E-state index in [0.29, 0.717) is 6.42 Å². The quantitative estimate of drug-likeness (QED) is 0.585. The fourth-order valence-electron chi connectivity index (χ4n) is 3.46. The molecule has 0 radical (unpaired) electrons. The average Bonchev–Trinajstić information content (AvgIpc) is 3.15. The summed E-state index contributed by atoms with van der Waals surface area (Å²) in [5.74, 6) is -1.17. The zero-order valence-electron chi connectivity index (χ0n) is 15.2. The van der Waals surface area contributed by atoms with Crippen LogP contribution in [-0.4, -0.2) is 58.1 Å². The summed E-state index contributed by atoms with van der Waals surface area (Å²) in [4.78, 5) is 0. The minimum atomic E-state index is -1.23. The van der Waals surface area contributed by atoms with Crippen LogP contribution in [0.5, 0.6) is 0 Å². The Kier molecular flexibility index (Phi) is 6.26. The van der Waals surface area contributed by atoms with Crippen LogP contribution in [0.4, 0.5) is 0 Å². The molecule has 0 saturated carbocycles. The maximum absolute atomic E-state index is 10.1. The van der Waals surface area contributed by atoms with Gasteiger partial charge in [0.25, 0.3) is 0 Å². The van der Waals surface area contributed by atoms with Crippen LogP contribution in [0.25, 0.3) is 11.1 Å². The molecule has 0 spiro atoms. The molecular weight excluding hydrogens is 348 g/mol. The maximum atomic E-state index is 10.1. The van der Waals surface area contributed by atoms with E-state index in [1.807, 2.05) is 61.5 Å². The predicted molar refractivity (Wildman–Crippen MR) is 99.8 cm³/mol. The third-order valence-electron chi connectivity index (χ3n) is 5.01. The van der Waals surface area contributed by atoms with Gasteiger partial charge in [0.05, 0.1) is 13.2 Å². The second-order valence-corrected chi connectivity index (χ2v) is 6.71. The molecule has 4 atom stereocenters. The maximum Gasteiger partial charge on any atom is 0.195 e. The third-order valence-corrected chi connectivity index (χ3v) is 5.01. The number of rotatable bonds is 7. The molecule has 146 valence electrons. The van der Waals surface area contributed by atoms with Crippen LogP contribution in [0.3, 0.4) is 0 Å². The molecule has 1 aliphatic rings. The molecule has 1 fully saturated rings. The van der Waals surface area contributed by atoms with E-state index in [4.69, 9.17) is 9.47 Å². The number of ether oxygens (including phenoxy) is 2. The number of aliphatic hydroxyl groups is 4. The molecule has 3 rings (SSSR count). The highest BCUT2D eigenvalue weighted by atomic mass is 16.8. The standard InChI is InChI=1S/C21H26O6/c1-2-21(26-19(17(24)12-22)20(27-21)18(25)13-23)16-10-8-15(9-11-16)14-6-4-3-5-7-14/h3-11,17-20,22-25H,2,12-13H2,1H3/t17-,18-,19-,20-/m1/s1. The summed E-state index contributed by atoms with van der Waals surface area (Å²) >= 11 is 0. The average molecular weight is 374 g/mol. The van der Waals surface area contributed by atoms with Gasteiger partial charge in [-0.1, -0.05) is 61.5 Å². The Morgan fingerprint density at radius 1 is 0.815 bits per heavy atom. The molecule has 0 aromatic heterocycles. The second-order valence-electron chi connectivity index (χ2n) is 6.71. The minimum absolute atomic E-state index is 0.432. The molecule has 6 nitrogen and oxygen atoms in total. The van der Waals surface area contributed by atoms with Gasteiger partial charge in [-0.05, 0) is 11.1 Å². The van der Waals surface area contributed by atoms with E-state index in [-0.39, 0.29) is 0 Å². The van der Waals surface area contributed by atoms with Crippen LogP contribution in [-0.2, 0) is 15.3 Å². The van der Waals surface area contributed by atoms with Crippen LogP contribution in [0.2, 0.25) is 0 Å². The summed E-state index contributed by atoms with van der Waals surface area (Å²) in [6.07, 6.45) is -3.93. The molecule has 2 aromatic carbocycles. The number of hydrogen-bond acceptors (Lipinski definition) is 6. The Balaban J connectivity index is 1.90. The Labute approximate surface area is 158 Å². The minimum Gasteiger partial charge on any atom is -0.394 e. The summed E-state index contributed by atoms with van der Waals surface area (Å²) in [5, 5.41) is 38.8. The van der Waals surface area contributed by atoms with Gasteiger partial charge in [-0.3, -0.25) is 0 Å². The molecule has 0 amide bonds. The Morgan fingerprint density at radius 3 is 1.74 bits per heavy atom. The molecule has 1 saturated heterocycles. The van der Waals surface area contributed by atoms with E-state index in [9.17, 15) is 20.4 Å². The first kappa shape index (κ1) is 19.9. The largest absolute Gasteiger partial charge is 0.394 e. The highest BCUT2D eigenvalue weighted by Crippen LogP contribution is 2.42. The van der Waals surface area contributed by atoms with Crippen LogP contribution >= 0.6 is 0 Å². The van der Waals surface area contributed by atoms with Crippen molar-refractivity contribution in [1.29, 1.82) is 0 Å². The number of benzene rings is 2. The monoisotopic (exact) mass is 374 g/mol. The molecule has 6 heteroatoms. The third kappa shape index (κ3) is 3.91. The van der Waals surface area contributed by atoms with Crippen molar-refractivity contribution in [3.63, 3.8) is 0 Å². The summed E-state index contributed by atoms with van der Waals surface area (Å²) in [7, 11) is 0. The van der Waals surface area contributed by atoms with Gasteiger partial charge in [-0.15, -0.1) is 0 Å². The smallest absolute Gasteiger partial charge is 0.195 e. The molecule has 4 N–H and O–H groups in total. The predicted octanol–water partition coefficient (Wildman–Crippen LogP) is 1.41. The van der Waals surface area contributed by atoms with E-state index in [2.05, 4.69) is 0 Å². The molecule has 0 bridgehead atoms. The number of hydrogen-bond donors (Lipinski definition) is 4. The van der Waals surface area contributed by atoms with Crippen molar-refractivity contribution < 1.29 is 29.9 Å². The van der Waals surface area contributed by atoms with Crippen molar-refractivity contribution in [1.82, 2.24) is 0 Å². The van der Waals surface area contributed by atoms with Gasteiger partial charge in [-0.25, -0.2) is 0 Å². The summed E-state index contributed by atoms with van der Waals surface area (Å²) < 4.78 is 12.0. The van der Waals surface area contributed by atoms with E-state index >= 15 is 0 Å². The lowest BCUT2D eigenvalue weighted by atomic mass is 9.98. The van der Waals surface area contributed by atoms with Gasteiger partial charge in [-0.2, -0.15) is 0 Å². The van der Waals surface area contributed by atoms with Crippen LogP contribution in [0.1, 0.15) is 18.9 Å². The van der Waals surface area contributed by atoms with Gasteiger partial charge in [0, 0.05) is 12.0 Å². The zero-order chi connectivity index (χ0) is 19.4. The first-order valence-corrected chi connectivity index (χ1v) is 9.14. The van der Waals surface area contributed by atoms with E-state index in [1.165, 1.54) is 0 Å². The molecular formula is C21H26O6. The summed E-state index contributed by atoms with van der Waals surface area (Å²) in [6, 6.07) is 17.7. The van der Waals surface area contributed by atoms with E-state index in [0.717, 1.165) is 16.7 Å². The fraction of sp³-hybridized carbons (Fsp3) is 0.429. The Bertz CT molecular complexity index is 699. The molecule has 0 aliphatic carbocycles. The van der Waals surface area contributed by atoms with Crippen molar-refractivity contribution in [2.45, 2.75) is 43.5 Å². The van der Waals surface area contributed by atoms with E-state index < -0.39 is 43.4 Å². The van der Waals surface area contributed by atoms with Gasteiger partial charge < -0.3 is 29.9 Å². The second kappa shape index (κ2) is 8.48.